The molecule has 0 aliphatic carbocycles. The molecule has 0 saturated carbocycles. The minimum atomic E-state index is -0.594. The molecule has 110 valence electrons. The standard InChI is InChI=1S/C14H25NO4/c1-9(16)10-8-18-11(13(2,3)4)15(10)12(17)19-14(5,6)7/h10-11H,8H2,1-7H3/t10-,11-/m0/s1. The van der Waals surface area contributed by atoms with Crippen LogP contribution in [0, 0.1) is 5.41 Å². The smallest absolute Gasteiger partial charge is 0.413 e. The van der Waals surface area contributed by atoms with Crippen LogP contribution in [0.15, 0.2) is 0 Å². The summed E-state index contributed by atoms with van der Waals surface area (Å²) in [6.45, 7) is 13.0. The van der Waals surface area contributed by atoms with E-state index < -0.39 is 24.0 Å². The molecule has 1 amide bonds. The van der Waals surface area contributed by atoms with Crippen molar-refractivity contribution in [3.63, 3.8) is 0 Å². The molecule has 0 radical (unpaired) electrons. The number of hydrogen-bond donors (Lipinski definition) is 0. The van der Waals surface area contributed by atoms with Gasteiger partial charge in [0, 0.05) is 5.41 Å². The van der Waals surface area contributed by atoms with Crippen LogP contribution in [0.25, 0.3) is 0 Å². The van der Waals surface area contributed by atoms with Crippen LogP contribution in [0.1, 0.15) is 48.5 Å². The van der Waals surface area contributed by atoms with E-state index in [4.69, 9.17) is 9.47 Å². The highest BCUT2D eigenvalue weighted by Crippen LogP contribution is 2.33. The van der Waals surface area contributed by atoms with E-state index in [2.05, 4.69) is 0 Å². The molecule has 5 nitrogen and oxygen atoms in total. The lowest BCUT2D eigenvalue weighted by molar-refractivity contribution is -0.122. The molecule has 0 spiro atoms. The summed E-state index contributed by atoms with van der Waals surface area (Å²) in [6.07, 6.45) is -0.943. The Labute approximate surface area is 115 Å². The van der Waals surface area contributed by atoms with Gasteiger partial charge >= 0.3 is 6.09 Å². The summed E-state index contributed by atoms with van der Waals surface area (Å²) in [6, 6.07) is -0.556. The molecule has 0 bridgehead atoms. The molecule has 2 atom stereocenters. The third-order valence-corrected chi connectivity index (χ3v) is 2.81. The Kier molecular flexibility index (Phi) is 4.30. The summed E-state index contributed by atoms with van der Waals surface area (Å²) in [5.74, 6) is -0.0855. The van der Waals surface area contributed by atoms with Gasteiger partial charge < -0.3 is 9.47 Å². The first-order valence-corrected chi connectivity index (χ1v) is 6.57. The Morgan fingerprint density at radius 3 is 2.05 bits per heavy atom. The number of hydrogen-bond acceptors (Lipinski definition) is 4. The van der Waals surface area contributed by atoms with Crippen molar-refractivity contribution < 1.29 is 19.1 Å². The molecule has 0 unspecified atom stereocenters. The van der Waals surface area contributed by atoms with Crippen molar-refractivity contribution in [2.24, 2.45) is 5.41 Å². The van der Waals surface area contributed by atoms with Gasteiger partial charge in [0.2, 0.25) is 0 Å². The first-order valence-electron chi connectivity index (χ1n) is 6.57. The minimum absolute atomic E-state index is 0.0855. The molecule has 0 aromatic heterocycles. The van der Waals surface area contributed by atoms with Crippen molar-refractivity contribution in [2.45, 2.75) is 66.3 Å². The highest BCUT2D eigenvalue weighted by atomic mass is 16.6. The van der Waals surface area contributed by atoms with Crippen LogP contribution in [0.4, 0.5) is 4.79 Å². The van der Waals surface area contributed by atoms with E-state index >= 15 is 0 Å². The molecule has 0 aromatic carbocycles. The van der Waals surface area contributed by atoms with E-state index in [1.165, 1.54) is 11.8 Å². The zero-order chi connectivity index (χ0) is 15.0. The average molecular weight is 271 g/mol. The number of nitrogens with zero attached hydrogens (tertiary/aromatic N) is 1. The van der Waals surface area contributed by atoms with Gasteiger partial charge in [-0.25, -0.2) is 4.79 Å². The third kappa shape index (κ3) is 3.93. The van der Waals surface area contributed by atoms with Gasteiger partial charge in [0.05, 0.1) is 6.61 Å². The average Bonchev–Trinajstić information content (AvgIpc) is 2.57. The predicted octanol–water partition coefficient (Wildman–Crippen LogP) is 2.58. The summed E-state index contributed by atoms with van der Waals surface area (Å²) < 4.78 is 11.0. The van der Waals surface area contributed by atoms with Gasteiger partial charge in [0.25, 0.3) is 0 Å². The Morgan fingerprint density at radius 1 is 1.16 bits per heavy atom. The number of carbonyl (C=O) groups excluding carboxylic acids is 2. The minimum Gasteiger partial charge on any atom is -0.444 e. The van der Waals surface area contributed by atoms with Crippen LogP contribution in [0.5, 0.6) is 0 Å². The zero-order valence-corrected chi connectivity index (χ0v) is 12.9. The van der Waals surface area contributed by atoms with Gasteiger partial charge in [-0.15, -0.1) is 0 Å². The molecule has 1 aliphatic heterocycles. The number of carbonyl (C=O) groups is 2. The molecule has 1 fully saturated rings. The molecule has 5 heteroatoms. The molecule has 0 aromatic rings. The largest absolute Gasteiger partial charge is 0.444 e. The van der Waals surface area contributed by atoms with Gasteiger partial charge in [-0.2, -0.15) is 0 Å². The lowest BCUT2D eigenvalue weighted by atomic mass is 9.93. The number of rotatable bonds is 1. The van der Waals surface area contributed by atoms with Crippen LogP contribution in [-0.4, -0.2) is 41.3 Å². The fourth-order valence-corrected chi connectivity index (χ4v) is 2.02. The topological polar surface area (TPSA) is 55.8 Å². The molecule has 1 heterocycles. The van der Waals surface area contributed by atoms with E-state index in [-0.39, 0.29) is 17.8 Å². The monoisotopic (exact) mass is 271 g/mol. The lowest BCUT2D eigenvalue weighted by Gasteiger charge is -2.36. The molecule has 1 rings (SSSR count). The Morgan fingerprint density at radius 2 is 1.68 bits per heavy atom. The first-order chi connectivity index (χ1) is 8.43. The second-order valence-electron chi connectivity index (χ2n) is 7.07. The fraction of sp³-hybridized carbons (Fsp3) is 0.857. The van der Waals surface area contributed by atoms with Crippen molar-refractivity contribution in [3.8, 4) is 0 Å². The molecular weight excluding hydrogens is 246 g/mol. The normalized spacial score (nSPS) is 24.5. The van der Waals surface area contributed by atoms with Crippen LogP contribution < -0.4 is 0 Å². The van der Waals surface area contributed by atoms with E-state index in [0.717, 1.165) is 0 Å². The van der Waals surface area contributed by atoms with Gasteiger partial charge in [-0.3, -0.25) is 9.69 Å². The molecule has 0 N–H and O–H groups in total. The maximum atomic E-state index is 12.3. The summed E-state index contributed by atoms with van der Waals surface area (Å²) in [5.41, 5.74) is -0.870. The zero-order valence-electron chi connectivity index (χ0n) is 12.9. The summed E-state index contributed by atoms with van der Waals surface area (Å²) in [7, 11) is 0. The first kappa shape index (κ1) is 16.0. The van der Waals surface area contributed by atoms with Crippen molar-refractivity contribution in [2.75, 3.05) is 6.61 Å². The lowest BCUT2D eigenvalue weighted by Crippen LogP contribution is -2.51. The molecule has 1 aliphatic rings. The third-order valence-electron chi connectivity index (χ3n) is 2.81. The van der Waals surface area contributed by atoms with Gasteiger partial charge in [-0.05, 0) is 27.7 Å². The number of ether oxygens (including phenoxy) is 2. The van der Waals surface area contributed by atoms with E-state index in [1.807, 2.05) is 20.8 Å². The van der Waals surface area contributed by atoms with Crippen LogP contribution in [0.3, 0.4) is 0 Å². The van der Waals surface area contributed by atoms with Gasteiger partial charge in [-0.1, -0.05) is 20.8 Å². The van der Waals surface area contributed by atoms with E-state index in [9.17, 15) is 9.59 Å². The molecule has 19 heavy (non-hydrogen) atoms. The van der Waals surface area contributed by atoms with Crippen molar-refractivity contribution in [3.05, 3.63) is 0 Å². The summed E-state index contributed by atoms with van der Waals surface area (Å²) in [4.78, 5) is 25.4. The van der Waals surface area contributed by atoms with Crippen molar-refractivity contribution in [1.29, 1.82) is 0 Å². The second-order valence-corrected chi connectivity index (χ2v) is 7.07. The maximum Gasteiger partial charge on any atom is 0.413 e. The Hall–Kier alpha value is -1.10. The predicted molar refractivity (Wildman–Crippen MR) is 71.7 cm³/mol. The van der Waals surface area contributed by atoms with Crippen LogP contribution >= 0.6 is 0 Å². The second kappa shape index (κ2) is 5.12. The Balaban J connectivity index is 2.99. The van der Waals surface area contributed by atoms with E-state index in [0.29, 0.717) is 0 Å². The number of amides is 1. The number of Topliss-reactive ketones (excluding diaryl/α,β-unsaturated/α-hetero) is 1. The molecule has 1 saturated heterocycles. The SMILES string of the molecule is CC(=O)[C@@H]1CO[C@@H](C(C)(C)C)N1C(=O)OC(C)(C)C. The van der Waals surface area contributed by atoms with Gasteiger partial charge in [0.15, 0.2) is 5.78 Å². The Bertz CT molecular complexity index is 365. The maximum absolute atomic E-state index is 12.3. The molecular formula is C14H25NO4. The van der Waals surface area contributed by atoms with E-state index in [1.54, 1.807) is 20.8 Å². The van der Waals surface area contributed by atoms with Gasteiger partial charge in [0.1, 0.15) is 17.9 Å². The highest BCUT2D eigenvalue weighted by Gasteiger charge is 2.47. The quantitative estimate of drug-likeness (QED) is 0.735. The summed E-state index contributed by atoms with van der Waals surface area (Å²) in [5, 5.41) is 0. The van der Waals surface area contributed by atoms with Crippen LogP contribution in [-0.2, 0) is 14.3 Å². The number of ketones is 1. The summed E-state index contributed by atoms with van der Waals surface area (Å²) >= 11 is 0. The van der Waals surface area contributed by atoms with Crippen molar-refractivity contribution in [1.82, 2.24) is 4.90 Å². The fourth-order valence-electron chi connectivity index (χ4n) is 2.02. The van der Waals surface area contributed by atoms with Crippen molar-refractivity contribution >= 4 is 11.9 Å². The van der Waals surface area contributed by atoms with Crippen LogP contribution in [0.2, 0.25) is 0 Å². The highest BCUT2D eigenvalue weighted by molar-refractivity contribution is 5.86.